The lowest BCUT2D eigenvalue weighted by Gasteiger charge is -2.15. The summed E-state index contributed by atoms with van der Waals surface area (Å²) in [6, 6.07) is 2.60. The van der Waals surface area contributed by atoms with E-state index in [1.165, 1.54) is 0 Å². The molecule has 0 spiro atoms. The van der Waals surface area contributed by atoms with Gasteiger partial charge in [-0.3, -0.25) is 14.9 Å². The molecule has 8 heteroatoms. The number of carbonyl (C=O) groups is 1. The second-order valence-corrected chi connectivity index (χ2v) is 4.79. The van der Waals surface area contributed by atoms with Gasteiger partial charge >= 0.3 is 5.69 Å². The summed E-state index contributed by atoms with van der Waals surface area (Å²) >= 11 is 0. The van der Waals surface area contributed by atoms with E-state index in [-0.39, 0.29) is 5.92 Å². The van der Waals surface area contributed by atoms with Crippen LogP contribution in [0.25, 0.3) is 0 Å². The minimum Gasteiger partial charge on any atom is -0.348 e. The fraction of sp³-hybridized carbons (Fsp3) is 0.385. The molecule has 0 aromatic heterocycles. The normalized spacial score (nSPS) is 20.8. The number of nitrogens with one attached hydrogen (secondary N) is 1. The molecule has 21 heavy (non-hydrogen) atoms. The number of nitro benzene ring substituents is 1. The summed E-state index contributed by atoms with van der Waals surface area (Å²) < 4.78 is 27.2. The van der Waals surface area contributed by atoms with E-state index in [1.54, 1.807) is 0 Å². The molecule has 6 nitrogen and oxygen atoms in total. The van der Waals surface area contributed by atoms with Crippen molar-refractivity contribution in [1.29, 1.82) is 5.26 Å². The lowest BCUT2D eigenvalue weighted by molar-refractivity contribution is -0.387. The quantitative estimate of drug-likeness (QED) is 0.683. The molecule has 0 bridgehead atoms. The molecule has 1 aromatic rings. The zero-order valence-electron chi connectivity index (χ0n) is 10.8. The number of rotatable bonds is 3. The third-order valence-electron chi connectivity index (χ3n) is 3.46. The fourth-order valence-electron chi connectivity index (χ4n) is 2.41. The molecule has 1 N–H and O–H groups in total. The van der Waals surface area contributed by atoms with Gasteiger partial charge in [0, 0.05) is 6.04 Å². The SMILES string of the molecule is N#CC1CCCC1NC(=O)c1cc(F)cc([N+](=O)[O-])c1F. The van der Waals surface area contributed by atoms with Crippen molar-refractivity contribution in [3.05, 3.63) is 39.4 Å². The molecule has 1 saturated carbocycles. The van der Waals surface area contributed by atoms with Gasteiger partial charge in [0.15, 0.2) is 0 Å². The van der Waals surface area contributed by atoms with E-state index >= 15 is 0 Å². The Balaban J connectivity index is 2.27. The Morgan fingerprint density at radius 3 is 2.76 bits per heavy atom. The second-order valence-electron chi connectivity index (χ2n) is 4.79. The average molecular weight is 295 g/mol. The van der Waals surface area contributed by atoms with E-state index in [2.05, 4.69) is 5.32 Å². The molecular formula is C13H11F2N3O3. The van der Waals surface area contributed by atoms with Crippen LogP contribution in [0, 0.1) is 39.0 Å². The van der Waals surface area contributed by atoms with E-state index in [9.17, 15) is 23.7 Å². The first kappa shape index (κ1) is 14.8. The zero-order chi connectivity index (χ0) is 15.6. The topological polar surface area (TPSA) is 96.0 Å². The van der Waals surface area contributed by atoms with E-state index in [0.717, 1.165) is 6.42 Å². The van der Waals surface area contributed by atoms with Gasteiger partial charge in [0.05, 0.1) is 28.5 Å². The number of nitriles is 1. The molecule has 0 saturated heterocycles. The predicted molar refractivity (Wildman–Crippen MR) is 67.2 cm³/mol. The van der Waals surface area contributed by atoms with Gasteiger partial charge in [-0.05, 0) is 25.3 Å². The second kappa shape index (κ2) is 5.83. The van der Waals surface area contributed by atoms with Crippen molar-refractivity contribution in [1.82, 2.24) is 5.32 Å². The maximum Gasteiger partial charge on any atom is 0.308 e. The van der Waals surface area contributed by atoms with E-state index < -0.39 is 39.8 Å². The summed E-state index contributed by atoms with van der Waals surface area (Å²) in [4.78, 5) is 21.5. The van der Waals surface area contributed by atoms with Gasteiger partial charge in [-0.15, -0.1) is 0 Å². The molecule has 1 aromatic carbocycles. The molecular weight excluding hydrogens is 284 g/mol. The molecule has 2 unspecified atom stereocenters. The van der Waals surface area contributed by atoms with Crippen LogP contribution in [0.4, 0.5) is 14.5 Å². The van der Waals surface area contributed by atoms with E-state index in [1.807, 2.05) is 6.07 Å². The van der Waals surface area contributed by atoms with E-state index in [0.29, 0.717) is 25.0 Å². The molecule has 0 aliphatic heterocycles. The average Bonchev–Trinajstić information content (AvgIpc) is 2.87. The Labute approximate surface area is 118 Å². The van der Waals surface area contributed by atoms with Crippen molar-refractivity contribution >= 4 is 11.6 Å². The molecule has 1 aliphatic rings. The molecule has 110 valence electrons. The highest BCUT2D eigenvalue weighted by Crippen LogP contribution is 2.26. The molecule has 1 fully saturated rings. The Morgan fingerprint density at radius 2 is 2.14 bits per heavy atom. The number of hydrogen-bond acceptors (Lipinski definition) is 4. The highest BCUT2D eigenvalue weighted by molar-refractivity contribution is 5.95. The van der Waals surface area contributed by atoms with Crippen LogP contribution >= 0.6 is 0 Å². The smallest absolute Gasteiger partial charge is 0.308 e. The van der Waals surface area contributed by atoms with Gasteiger partial charge in [-0.2, -0.15) is 9.65 Å². The number of benzene rings is 1. The maximum absolute atomic E-state index is 13.9. The molecule has 2 atom stereocenters. The number of nitrogens with zero attached hydrogens (tertiary/aromatic N) is 2. The standard InChI is InChI=1S/C13H11F2N3O3/c14-8-4-9(12(15)11(5-8)18(20)21)13(19)17-10-3-1-2-7(10)6-16/h4-5,7,10H,1-3H2,(H,17,19). The van der Waals surface area contributed by atoms with Crippen LogP contribution in [0.3, 0.4) is 0 Å². The van der Waals surface area contributed by atoms with Crippen molar-refractivity contribution in [3.8, 4) is 6.07 Å². The predicted octanol–water partition coefficient (Wildman–Crippen LogP) is 2.30. The summed E-state index contributed by atoms with van der Waals surface area (Å²) in [5, 5.41) is 22.0. The maximum atomic E-state index is 13.9. The first-order chi connectivity index (χ1) is 9.93. The summed E-state index contributed by atoms with van der Waals surface area (Å²) in [5.41, 5.74) is -1.83. The van der Waals surface area contributed by atoms with Gasteiger partial charge in [0.25, 0.3) is 5.91 Å². The zero-order valence-corrected chi connectivity index (χ0v) is 10.8. The first-order valence-corrected chi connectivity index (χ1v) is 6.28. The number of nitro groups is 1. The first-order valence-electron chi connectivity index (χ1n) is 6.28. The molecule has 2 rings (SSSR count). The lowest BCUT2D eigenvalue weighted by atomic mass is 10.0. The Hall–Kier alpha value is -2.56. The van der Waals surface area contributed by atoms with Crippen LogP contribution in [0.15, 0.2) is 12.1 Å². The number of halogens is 2. The van der Waals surface area contributed by atoms with Crippen LogP contribution in [-0.2, 0) is 0 Å². The van der Waals surface area contributed by atoms with Gasteiger partial charge < -0.3 is 5.32 Å². The van der Waals surface area contributed by atoms with Crippen molar-refractivity contribution in [2.24, 2.45) is 5.92 Å². The third-order valence-corrected chi connectivity index (χ3v) is 3.46. The van der Waals surface area contributed by atoms with Crippen LogP contribution < -0.4 is 5.32 Å². The van der Waals surface area contributed by atoms with Crippen LogP contribution in [0.5, 0.6) is 0 Å². The van der Waals surface area contributed by atoms with E-state index in [4.69, 9.17) is 5.26 Å². The van der Waals surface area contributed by atoms with Gasteiger partial charge in [0.2, 0.25) is 5.82 Å². The third kappa shape index (κ3) is 2.97. The number of hydrogen-bond donors (Lipinski definition) is 1. The number of amides is 1. The minimum absolute atomic E-state index is 0.388. The van der Waals surface area contributed by atoms with Gasteiger partial charge in [-0.25, -0.2) is 4.39 Å². The Bertz CT molecular complexity index is 642. The van der Waals surface area contributed by atoms with Crippen LogP contribution in [0.2, 0.25) is 0 Å². The Morgan fingerprint density at radius 1 is 1.43 bits per heavy atom. The largest absolute Gasteiger partial charge is 0.348 e. The summed E-state index contributed by atoms with van der Waals surface area (Å²) in [7, 11) is 0. The highest BCUT2D eigenvalue weighted by atomic mass is 19.1. The molecule has 1 aliphatic carbocycles. The minimum atomic E-state index is -1.38. The summed E-state index contributed by atoms with van der Waals surface area (Å²) in [5.74, 6) is -3.80. The molecule has 1 amide bonds. The van der Waals surface area contributed by atoms with Crippen molar-refractivity contribution in [3.63, 3.8) is 0 Å². The van der Waals surface area contributed by atoms with Crippen molar-refractivity contribution in [2.75, 3.05) is 0 Å². The molecule has 0 heterocycles. The van der Waals surface area contributed by atoms with Gasteiger partial charge in [-0.1, -0.05) is 0 Å². The summed E-state index contributed by atoms with van der Waals surface area (Å²) in [6.45, 7) is 0. The monoisotopic (exact) mass is 295 g/mol. The van der Waals surface area contributed by atoms with Gasteiger partial charge in [0.1, 0.15) is 5.82 Å². The molecule has 0 radical (unpaired) electrons. The number of carbonyl (C=O) groups excluding carboxylic acids is 1. The summed E-state index contributed by atoms with van der Waals surface area (Å²) in [6.07, 6.45) is 1.92. The lowest BCUT2D eigenvalue weighted by Crippen LogP contribution is -2.37. The van der Waals surface area contributed by atoms with Crippen molar-refractivity contribution < 1.29 is 18.5 Å². The Kier molecular flexibility index (Phi) is 4.12. The van der Waals surface area contributed by atoms with Crippen LogP contribution in [0.1, 0.15) is 29.6 Å². The van der Waals surface area contributed by atoms with Crippen molar-refractivity contribution in [2.45, 2.75) is 25.3 Å². The highest BCUT2D eigenvalue weighted by Gasteiger charge is 2.31. The van der Waals surface area contributed by atoms with Crippen LogP contribution in [-0.4, -0.2) is 16.9 Å². The fourth-order valence-corrected chi connectivity index (χ4v) is 2.41.